The highest BCUT2D eigenvalue weighted by atomic mass is 16.2. The zero-order valence-electron chi connectivity index (χ0n) is 14.6. The number of pyridine rings is 1. The van der Waals surface area contributed by atoms with E-state index in [-0.39, 0.29) is 11.3 Å². The topological polar surface area (TPSA) is 36.4 Å². The molecule has 2 atom stereocenters. The molecule has 2 aliphatic rings. The summed E-state index contributed by atoms with van der Waals surface area (Å²) in [6, 6.07) is 5.98. The molecule has 0 aromatic carbocycles. The van der Waals surface area contributed by atoms with Crippen LogP contribution in [0, 0.1) is 17.3 Å². The van der Waals surface area contributed by atoms with Crippen LogP contribution in [0.1, 0.15) is 27.7 Å². The molecule has 124 valence electrons. The number of anilines is 1. The van der Waals surface area contributed by atoms with Gasteiger partial charge in [0, 0.05) is 32.4 Å². The van der Waals surface area contributed by atoms with E-state index in [1.165, 1.54) is 5.57 Å². The summed E-state index contributed by atoms with van der Waals surface area (Å²) in [6.45, 7) is 12.0. The molecule has 1 aromatic rings. The predicted octanol–water partition coefficient (Wildman–Crippen LogP) is 2.97. The van der Waals surface area contributed by atoms with Gasteiger partial charge in [-0.25, -0.2) is 4.98 Å². The first-order valence-corrected chi connectivity index (χ1v) is 8.51. The summed E-state index contributed by atoms with van der Waals surface area (Å²) in [5, 5.41) is 0. The number of aromatic nitrogens is 1. The molecule has 0 bridgehead atoms. The molecule has 1 amide bonds. The average molecular weight is 313 g/mol. The Morgan fingerprint density at radius 1 is 1.22 bits per heavy atom. The zero-order chi connectivity index (χ0) is 16.6. The van der Waals surface area contributed by atoms with Crippen LogP contribution in [0.2, 0.25) is 0 Å². The summed E-state index contributed by atoms with van der Waals surface area (Å²) in [4.78, 5) is 21.6. The van der Waals surface area contributed by atoms with Crippen molar-refractivity contribution in [2.45, 2.75) is 27.7 Å². The van der Waals surface area contributed by atoms with Crippen LogP contribution in [0.25, 0.3) is 0 Å². The molecule has 1 aliphatic heterocycles. The van der Waals surface area contributed by atoms with Gasteiger partial charge in [-0.3, -0.25) is 4.79 Å². The normalized spacial score (nSPS) is 25.9. The average Bonchev–Trinajstić information content (AvgIpc) is 3.07. The van der Waals surface area contributed by atoms with Gasteiger partial charge in [0.2, 0.25) is 5.91 Å². The standard InChI is InChI=1S/C19H27N3O/c1-14(2)13-15-17(19(15,3)4)18(23)22-11-9-21(10-12-22)16-7-5-6-8-20-16/h5-8,13,15,17H,9-12H2,1-4H3. The Morgan fingerprint density at radius 3 is 2.48 bits per heavy atom. The van der Waals surface area contributed by atoms with Gasteiger partial charge in [0.1, 0.15) is 5.82 Å². The van der Waals surface area contributed by atoms with Crippen molar-refractivity contribution in [1.82, 2.24) is 9.88 Å². The molecule has 23 heavy (non-hydrogen) atoms. The summed E-state index contributed by atoms with van der Waals surface area (Å²) in [7, 11) is 0. The fourth-order valence-corrected chi connectivity index (χ4v) is 3.71. The van der Waals surface area contributed by atoms with E-state index in [4.69, 9.17) is 0 Å². The van der Waals surface area contributed by atoms with Crippen molar-refractivity contribution in [3.63, 3.8) is 0 Å². The number of allylic oxidation sites excluding steroid dienone is 2. The Morgan fingerprint density at radius 2 is 1.91 bits per heavy atom. The Hall–Kier alpha value is -1.84. The van der Waals surface area contributed by atoms with Gasteiger partial charge in [-0.2, -0.15) is 0 Å². The van der Waals surface area contributed by atoms with Gasteiger partial charge in [-0.1, -0.05) is 31.6 Å². The highest BCUT2D eigenvalue weighted by Gasteiger charge is 2.61. The van der Waals surface area contributed by atoms with Gasteiger partial charge in [-0.05, 0) is 37.3 Å². The van der Waals surface area contributed by atoms with Crippen molar-refractivity contribution in [3.05, 3.63) is 36.0 Å². The molecule has 1 saturated heterocycles. The zero-order valence-corrected chi connectivity index (χ0v) is 14.6. The van der Waals surface area contributed by atoms with E-state index in [1.54, 1.807) is 0 Å². The van der Waals surface area contributed by atoms with Gasteiger partial charge >= 0.3 is 0 Å². The predicted molar refractivity (Wildman–Crippen MR) is 93.2 cm³/mol. The van der Waals surface area contributed by atoms with Crippen LogP contribution >= 0.6 is 0 Å². The molecule has 2 heterocycles. The third-order valence-electron chi connectivity index (χ3n) is 5.25. The maximum Gasteiger partial charge on any atom is 0.226 e. The maximum absolute atomic E-state index is 12.9. The van der Waals surface area contributed by atoms with E-state index >= 15 is 0 Å². The molecule has 3 rings (SSSR count). The number of hydrogen-bond acceptors (Lipinski definition) is 3. The first-order valence-electron chi connectivity index (χ1n) is 8.51. The highest BCUT2D eigenvalue weighted by molar-refractivity contribution is 5.84. The second kappa shape index (κ2) is 5.99. The van der Waals surface area contributed by atoms with Crippen molar-refractivity contribution in [2.24, 2.45) is 17.3 Å². The number of nitrogens with zero attached hydrogens (tertiary/aromatic N) is 3. The summed E-state index contributed by atoms with van der Waals surface area (Å²) >= 11 is 0. The number of hydrogen-bond donors (Lipinski definition) is 0. The lowest BCUT2D eigenvalue weighted by atomic mass is 10.1. The monoisotopic (exact) mass is 313 g/mol. The van der Waals surface area contributed by atoms with E-state index in [0.717, 1.165) is 32.0 Å². The third kappa shape index (κ3) is 3.12. The van der Waals surface area contributed by atoms with Gasteiger partial charge < -0.3 is 9.80 Å². The van der Waals surface area contributed by atoms with Crippen LogP contribution in [0.5, 0.6) is 0 Å². The van der Waals surface area contributed by atoms with Gasteiger partial charge in [-0.15, -0.1) is 0 Å². The smallest absolute Gasteiger partial charge is 0.226 e. The fraction of sp³-hybridized carbons (Fsp3) is 0.579. The van der Waals surface area contributed by atoms with E-state index in [2.05, 4.69) is 43.7 Å². The van der Waals surface area contributed by atoms with Crippen LogP contribution in [0.15, 0.2) is 36.0 Å². The lowest BCUT2D eigenvalue weighted by Gasteiger charge is -2.35. The number of carbonyl (C=O) groups excluding carboxylic acids is 1. The fourth-order valence-electron chi connectivity index (χ4n) is 3.71. The molecule has 0 radical (unpaired) electrons. The maximum atomic E-state index is 12.9. The molecule has 1 aliphatic carbocycles. The quantitative estimate of drug-likeness (QED) is 0.805. The lowest BCUT2D eigenvalue weighted by molar-refractivity contribution is -0.133. The van der Waals surface area contributed by atoms with Crippen molar-refractivity contribution in [2.75, 3.05) is 31.1 Å². The molecule has 0 N–H and O–H groups in total. The Kier molecular flexibility index (Phi) is 4.17. The van der Waals surface area contributed by atoms with Crippen molar-refractivity contribution < 1.29 is 4.79 Å². The second-order valence-electron chi connectivity index (χ2n) is 7.57. The summed E-state index contributed by atoms with van der Waals surface area (Å²) in [5.74, 6) is 1.89. The van der Waals surface area contributed by atoms with Crippen LogP contribution < -0.4 is 4.90 Å². The third-order valence-corrected chi connectivity index (χ3v) is 5.25. The summed E-state index contributed by atoms with van der Waals surface area (Å²) < 4.78 is 0. The minimum absolute atomic E-state index is 0.104. The molecule has 1 saturated carbocycles. The Balaban J connectivity index is 1.60. The minimum atomic E-state index is 0.104. The molecular formula is C19H27N3O. The van der Waals surface area contributed by atoms with Gasteiger partial charge in [0.15, 0.2) is 0 Å². The lowest BCUT2D eigenvalue weighted by Crippen LogP contribution is -2.49. The molecule has 4 nitrogen and oxygen atoms in total. The van der Waals surface area contributed by atoms with E-state index in [0.29, 0.717) is 11.8 Å². The van der Waals surface area contributed by atoms with Gasteiger partial charge in [0.05, 0.1) is 5.92 Å². The van der Waals surface area contributed by atoms with Crippen molar-refractivity contribution >= 4 is 11.7 Å². The number of piperazine rings is 1. The SMILES string of the molecule is CC(C)=CC1C(C(=O)N2CCN(c3ccccn3)CC2)C1(C)C. The highest BCUT2D eigenvalue weighted by Crippen LogP contribution is 2.60. The van der Waals surface area contributed by atoms with E-state index < -0.39 is 0 Å². The van der Waals surface area contributed by atoms with Crippen LogP contribution in [0.4, 0.5) is 5.82 Å². The summed E-state index contributed by atoms with van der Waals surface area (Å²) in [6.07, 6.45) is 4.09. The molecule has 4 heteroatoms. The van der Waals surface area contributed by atoms with Crippen molar-refractivity contribution in [3.8, 4) is 0 Å². The second-order valence-corrected chi connectivity index (χ2v) is 7.57. The number of amides is 1. The first kappa shape index (κ1) is 16.0. The van der Waals surface area contributed by atoms with Crippen LogP contribution in [-0.4, -0.2) is 42.0 Å². The molecular weight excluding hydrogens is 286 g/mol. The molecule has 2 fully saturated rings. The number of carbonyl (C=O) groups is 1. The van der Waals surface area contributed by atoms with Crippen LogP contribution in [-0.2, 0) is 4.79 Å². The van der Waals surface area contributed by atoms with Gasteiger partial charge in [0.25, 0.3) is 0 Å². The Labute approximate surface area is 139 Å². The molecule has 2 unspecified atom stereocenters. The number of rotatable bonds is 3. The van der Waals surface area contributed by atoms with Crippen LogP contribution in [0.3, 0.4) is 0 Å². The van der Waals surface area contributed by atoms with E-state index in [1.807, 2.05) is 29.3 Å². The van der Waals surface area contributed by atoms with Crippen molar-refractivity contribution in [1.29, 1.82) is 0 Å². The molecule has 1 aromatic heterocycles. The van der Waals surface area contributed by atoms with E-state index in [9.17, 15) is 4.79 Å². The summed E-state index contributed by atoms with van der Waals surface area (Å²) in [5.41, 5.74) is 1.41. The Bertz CT molecular complexity index is 596. The first-order chi connectivity index (χ1) is 10.9. The molecule has 0 spiro atoms. The largest absolute Gasteiger partial charge is 0.353 e. The minimum Gasteiger partial charge on any atom is -0.353 e.